The Morgan fingerprint density at radius 2 is 2.08 bits per heavy atom. The first kappa shape index (κ1) is 16.3. The summed E-state index contributed by atoms with van der Waals surface area (Å²) in [5.74, 6) is -0.0153. The van der Waals surface area contributed by atoms with Crippen LogP contribution in [0.3, 0.4) is 0 Å². The largest absolute Gasteiger partial charge is 0.357 e. The van der Waals surface area contributed by atoms with Crippen molar-refractivity contribution >= 4 is 16.8 Å². The topological polar surface area (TPSA) is 53.9 Å². The van der Waals surface area contributed by atoms with Crippen molar-refractivity contribution in [2.45, 2.75) is 32.7 Å². The third-order valence-corrected chi connectivity index (χ3v) is 4.56. The van der Waals surface area contributed by atoms with Gasteiger partial charge in [-0.25, -0.2) is 0 Å². The number of H-pyrrole nitrogens is 1. The number of nitrogens with one attached hydrogen (secondary N) is 1. The first-order valence-electron chi connectivity index (χ1n) is 8.39. The normalized spacial score (nSPS) is 12.5. The van der Waals surface area contributed by atoms with Crippen molar-refractivity contribution in [3.63, 3.8) is 0 Å². The Morgan fingerprint density at radius 1 is 1.33 bits per heavy atom. The molecule has 0 aliphatic heterocycles. The lowest BCUT2D eigenvalue weighted by molar-refractivity contribution is 0.0729. The minimum atomic E-state index is -0.0468. The molecule has 3 aromatic rings. The maximum absolute atomic E-state index is 12.9. The van der Waals surface area contributed by atoms with Crippen molar-refractivity contribution in [2.24, 2.45) is 7.05 Å². The van der Waals surface area contributed by atoms with Crippen LogP contribution in [0.5, 0.6) is 0 Å². The number of carbonyl (C=O) groups excluding carboxylic acids is 1. The van der Waals surface area contributed by atoms with Gasteiger partial charge in [0.1, 0.15) is 5.69 Å². The molecule has 0 radical (unpaired) electrons. The van der Waals surface area contributed by atoms with Gasteiger partial charge in [-0.2, -0.15) is 5.10 Å². The van der Waals surface area contributed by atoms with Crippen molar-refractivity contribution in [2.75, 3.05) is 7.05 Å². The van der Waals surface area contributed by atoms with Gasteiger partial charge in [0.05, 0.1) is 11.7 Å². The van der Waals surface area contributed by atoms with Gasteiger partial charge in [-0.15, -0.1) is 0 Å². The van der Waals surface area contributed by atoms with Gasteiger partial charge >= 0.3 is 0 Å². The highest BCUT2D eigenvalue weighted by atomic mass is 16.2. The molecule has 1 N–H and O–H groups in total. The number of para-hydroxylation sites is 1. The molecule has 1 atom stereocenters. The number of rotatable bonds is 5. The molecule has 1 aromatic carbocycles. The van der Waals surface area contributed by atoms with Gasteiger partial charge in [-0.3, -0.25) is 9.48 Å². The summed E-state index contributed by atoms with van der Waals surface area (Å²) in [6.45, 7) is 4.15. The van der Waals surface area contributed by atoms with Crippen molar-refractivity contribution in [1.29, 1.82) is 0 Å². The summed E-state index contributed by atoms with van der Waals surface area (Å²) >= 11 is 0. The Balaban J connectivity index is 1.84. The molecule has 0 fully saturated rings. The lowest BCUT2D eigenvalue weighted by Gasteiger charge is -2.24. The van der Waals surface area contributed by atoms with Crippen molar-refractivity contribution in [1.82, 2.24) is 19.7 Å². The predicted molar refractivity (Wildman–Crippen MR) is 96.0 cm³/mol. The van der Waals surface area contributed by atoms with Crippen LogP contribution in [0.4, 0.5) is 0 Å². The van der Waals surface area contributed by atoms with E-state index in [1.165, 1.54) is 0 Å². The van der Waals surface area contributed by atoms with E-state index in [1.54, 1.807) is 9.58 Å². The number of benzene rings is 1. The molecule has 24 heavy (non-hydrogen) atoms. The second-order valence-electron chi connectivity index (χ2n) is 6.30. The monoisotopic (exact) mass is 324 g/mol. The number of hydrogen-bond acceptors (Lipinski definition) is 2. The third-order valence-electron chi connectivity index (χ3n) is 4.56. The summed E-state index contributed by atoms with van der Waals surface area (Å²) in [6, 6.07) is 12.1. The highest BCUT2D eigenvalue weighted by Gasteiger charge is 2.23. The van der Waals surface area contributed by atoms with E-state index in [1.807, 2.05) is 45.3 Å². The second kappa shape index (κ2) is 6.51. The molecular formula is C19H24N4O. The molecule has 5 nitrogen and oxygen atoms in total. The Kier molecular flexibility index (Phi) is 4.42. The van der Waals surface area contributed by atoms with Gasteiger partial charge in [0.25, 0.3) is 5.91 Å². The third kappa shape index (κ3) is 2.94. The fraction of sp³-hybridized carbons (Fsp3) is 0.368. The van der Waals surface area contributed by atoms with E-state index in [2.05, 4.69) is 29.1 Å². The van der Waals surface area contributed by atoms with Crippen LogP contribution in [-0.2, 0) is 13.5 Å². The van der Waals surface area contributed by atoms with Crippen LogP contribution in [0.2, 0.25) is 0 Å². The zero-order chi connectivity index (χ0) is 17.3. The van der Waals surface area contributed by atoms with E-state index < -0.39 is 0 Å². The lowest BCUT2D eigenvalue weighted by Crippen LogP contribution is -2.31. The summed E-state index contributed by atoms with van der Waals surface area (Å²) in [5, 5.41) is 5.59. The molecule has 0 unspecified atom stereocenters. The molecule has 0 bridgehead atoms. The molecule has 0 aliphatic carbocycles. The lowest BCUT2D eigenvalue weighted by atomic mass is 10.1. The fourth-order valence-electron chi connectivity index (χ4n) is 2.99. The molecule has 0 spiro atoms. The first-order valence-corrected chi connectivity index (χ1v) is 8.39. The summed E-state index contributed by atoms with van der Waals surface area (Å²) in [5.41, 5.74) is 3.72. The molecule has 2 aromatic heterocycles. The summed E-state index contributed by atoms with van der Waals surface area (Å²) in [6.07, 6.45) is 1.91. The molecular weight excluding hydrogens is 300 g/mol. The summed E-state index contributed by atoms with van der Waals surface area (Å²) < 4.78 is 1.68. The number of aryl methyl sites for hydroxylation is 2. The van der Waals surface area contributed by atoms with Crippen LogP contribution in [0.1, 0.15) is 48.2 Å². The quantitative estimate of drug-likeness (QED) is 0.778. The van der Waals surface area contributed by atoms with Gasteiger partial charge in [0.2, 0.25) is 0 Å². The number of aromatic amines is 1. The molecule has 1 amide bonds. The van der Waals surface area contributed by atoms with Crippen LogP contribution in [0.15, 0.2) is 36.4 Å². The van der Waals surface area contributed by atoms with Gasteiger partial charge < -0.3 is 9.88 Å². The van der Waals surface area contributed by atoms with E-state index in [-0.39, 0.29) is 11.9 Å². The molecule has 2 heterocycles. The molecule has 0 aliphatic rings. The van der Waals surface area contributed by atoms with Gasteiger partial charge in [0.15, 0.2) is 0 Å². The Bertz CT molecular complexity index is 828. The van der Waals surface area contributed by atoms with Crippen LogP contribution < -0.4 is 0 Å². The van der Waals surface area contributed by atoms with E-state index in [0.717, 1.165) is 35.1 Å². The standard InChI is InChI=1S/C19H24N4O/c1-5-8-15-12-18(23(4)21-15)19(24)22(3)13(2)17-11-14-9-6-7-10-16(14)20-17/h6-7,9-13,20H,5,8H2,1-4H3/t13-/m1/s1. The van der Waals surface area contributed by atoms with E-state index >= 15 is 0 Å². The second-order valence-corrected chi connectivity index (χ2v) is 6.30. The molecule has 126 valence electrons. The van der Waals surface area contributed by atoms with E-state index in [0.29, 0.717) is 5.69 Å². The average molecular weight is 324 g/mol. The SMILES string of the molecule is CCCc1cc(C(=O)N(C)[C@H](C)c2cc3ccccc3[nH]2)n(C)n1. The number of carbonyl (C=O) groups is 1. The number of aromatic nitrogens is 3. The summed E-state index contributed by atoms with van der Waals surface area (Å²) in [7, 11) is 3.67. The Hall–Kier alpha value is -2.56. The minimum absolute atomic E-state index is 0.0153. The predicted octanol–water partition coefficient (Wildman–Crippen LogP) is 3.69. The van der Waals surface area contributed by atoms with Gasteiger partial charge in [-0.1, -0.05) is 31.5 Å². The number of nitrogens with zero attached hydrogens (tertiary/aromatic N) is 3. The molecule has 3 rings (SSSR count). The Morgan fingerprint density at radius 3 is 2.79 bits per heavy atom. The van der Waals surface area contributed by atoms with Crippen LogP contribution in [0, 0.1) is 0 Å². The van der Waals surface area contributed by atoms with E-state index in [4.69, 9.17) is 0 Å². The van der Waals surface area contributed by atoms with Crippen molar-refractivity contribution in [3.8, 4) is 0 Å². The highest BCUT2D eigenvalue weighted by molar-refractivity contribution is 5.93. The Labute approximate surface area is 142 Å². The van der Waals surface area contributed by atoms with Crippen LogP contribution in [-0.4, -0.2) is 32.6 Å². The zero-order valence-electron chi connectivity index (χ0n) is 14.7. The van der Waals surface area contributed by atoms with Crippen LogP contribution >= 0.6 is 0 Å². The zero-order valence-corrected chi connectivity index (χ0v) is 14.7. The van der Waals surface area contributed by atoms with Crippen LogP contribution in [0.25, 0.3) is 10.9 Å². The number of amides is 1. The van der Waals surface area contributed by atoms with Gasteiger partial charge in [-0.05, 0) is 36.9 Å². The van der Waals surface area contributed by atoms with Gasteiger partial charge in [0, 0.05) is 25.3 Å². The average Bonchev–Trinajstić information content (AvgIpc) is 3.16. The maximum Gasteiger partial charge on any atom is 0.272 e. The maximum atomic E-state index is 12.9. The van der Waals surface area contributed by atoms with Crippen molar-refractivity contribution < 1.29 is 4.79 Å². The highest BCUT2D eigenvalue weighted by Crippen LogP contribution is 2.24. The van der Waals surface area contributed by atoms with E-state index in [9.17, 15) is 4.79 Å². The first-order chi connectivity index (χ1) is 11.5. The number of fused-ring (bicyclic) bond motifs is 1. The molecule has 5 heteroatoms. The fourth-order valence-corrected chi connectivity index (χ4v) is 2.99. The van der Waals surface area contributed by atoms with Crippen molar-refractivity contribution in [3.05, 3.63) is 53.5 Å². The molecule has 0 saturated carbocycles. The minimum Gasteiger partial charge on any atom is -0.357 e. The smallest absolute Gasteiger partial charge is 0.272 e. The summed E-state index contributed by atoms with van der Waals surface area (Å²) in [4.78, 5) is 18.0. The molecule has 0 saturated heterocycles. The number of hydrogen-bond donors (Lipinski definition) is 1.